The van der Waals surface area contributed by atoms with Gasteiger partial charge in [-0.2, -0.15) is 0 Å². The molecular weight excluding hydrogens is 334 g/mol. The van der Waals surface area contributed by atoms with Gasteiger partial charge < -0.3 is 0 Å². The summed E-state index contributed by atoms with van der Waals surface area (Å²) in [5.41, 5.74) is 0. The number of hydrogen-bond donors (Lipinski definition) is 1. The number of halogens is 2. The van der Waals surface area contributed by atoms with E-state index < -0.39 is 10.0 Å². The van der Waals surface area contributed by atoms with Crippen LogP contribution in [0, 0.1) is 0 Å². The molecule has 0 amide bonds. The van der Waals surface area contributed by atoms with Crippen LogP contribution in [-0.2, 0) is 10.0 Å². The monoisotopic (exact) mass is 341 g/mol. The molecule has 1 heterocycles. The first-order valence-electron chi connectivity index (χ1n) is 4.61. The second-order valence-corrected chi connectivity index (χ2v) is 8.17. The Bertz CT molecular complexity index is 496. The van der Waals surface area contributed by atoms with Gasteiger partial charge in [0.05, 0.1) is 8.81 Å². The molecule has 1 aromatic rings. The van der Waals surface area contributed by atoms with E-state index in [9.17, 15) is 8.42 Å². The molecule has 3 nitrogen and oxygen atoms in total. The van der Waals surface area contributed by atoms with Gasteiger partial charge in [-0.15, -0.1) is 11.3 Å². The quantitative estimate of drug-likeness (QED) is 0.858. The summed E-state index contributed by atoms with van der Waals surface area (Å²) in [6.07, 6.45) is 5.45. The standard InChI is InChI=1S/C9H9BrClNO2S2/c10-9-7(11)5-8(15-9)16(13,14)12-6-3-1-2-4-6/h1-2,5-6,12H,3-4H2. The molecule has 0 fully saturated rings. The average Bonchev–Trinajstić information content (AvgIpc) is 2.78. The van der Waals surface area contributed by atoms with Crippen molar-refractivity contribution in [1.29, 1.82) is 0 Å². The fraction of sp³-hybridized carbons (Fsp3) is 0.333. The van der Waals surface area contributed by atoms with Crippen LogP contribution in [0.2, 0.25) is 5.02 Å². The first kappa shape index (κ1) is 12.6. The van der Waals surface area contributed by atoms with E-state index in [0.29, 0.717) is 8.81 Å². The van der Waals surface area contributed by atoms with Crippen molar-refractivity contribution in [2.45, 2.75) is 23.1 Å². The van der Waals surface area contributed by atoms with Crippen LogP contribution < -0.4 is 4.72 Å². The van der Waals surface area contributed by atoms with E-state index in [1.54, 1.807) is 0 Å². The molecule has 7 heteroatoms. The van der Waals surface area contributed by atoms with Crippen LogP contribution in [0.5, 0.6) is 0 Å². The second kappa shape index (κ2) is 4.78. The number of sulfonamides is 1. The van der Waals surface area contributed by atoms with Gasteiger partial charge in [0.2, 0.25) is 10.0 Å². The second-order valence-electron chi connectivity index (χ2n) is 3.45. The predicted molar refractivity (Wildman–Crippen MR) is 69.5 cm³/mol. The zero-order valence-electron chi connectivity index (χ0n) is 8.11. The lowest BCUT2D eigenvalue weighted by molar-refractivity contribution is 0.559. The van der Waals surface area contributed by atoms with Gasteiger partial charge in [0.25, 0.3) is 0 Å². The lowest BCUT2D eigenvalue weighted by Crippen LogP contribution is -2.32. The average molecular weight is 343 g/mol. The number of thiophene rings is 1. The van der Waals surface area contributed by atoms with Crippen molar-refractivity contribution >= 4 is 48.9 Å². The van der Waals surface area contributed by atoms with Crippen molar-refractivity contribution in [3.05, 3.63) is 27.0 Å². The van der Waals surface area contributed by atoms with Crippen LogP contribution in [0.1, 0.15) is 12.8 Å². The molecule has 1 N–H and O–H groups in total. The Hall–Kier alpha value is 0.120. The lowest BCUT2D eigenvalue weighted by Gasteiger charge is -2.10. The summed E-state index contributed by atoms with van der Waals surface area (Å²) < 4.78 is 27.4. The molecule has 0 saturated carbocycles. The highest BCUT2D eigenvalue weighted by molar-refractivity contribution is 9.11. The van der Waals surface area contributed by atoms with E-state index in [1.165, 1.54) is 6.07 Å². The maximum Gasteiger partial charge on any atom is 0.250 e. The van der Waals surface area contributed by atoms with E-state index in [-0.39, 0.29) is 10.3 Å². The van der Waals surface area contributed by atoms with Gasteiger partial charge in [0.1, 0.15) is 4.21 Å². The van der Waals surface area contributed by atoms with Crippen molar-refractivity contribution in [1.82, 2.24) is 4.72 Å². The van der Waals surface area contributed by atoms with Gasteiger partial charge in [-0.1, -0.05) is 23.8 Å². The normalized spacial score (nSPS) is 17.1. The van der Waals surface area contributed by atoms with Crippen LogP contribution in [0.4, 0.5) is 0 Å². The largest absolute Gasteiger partial charge is 0.250 e. The first-order valence-corrected chi connectivity index (χ1v) is 8.08. The topological polar surface area (TPSA) is 46.2 Å². The van der Waals surface area contributed by atoms with Gasteiger partial charge >= 0.3 is 0 Å². The molecule has 0 spiro atoms. The lowest BCUT2D eigenvalue weighted by atomic mass is 10.3. The third kappa shape index (κ3) is 2.68. The number of nitrogens with one attached hydrogen (secondary N) is 1. The van der Waals surface area contributed by atoms with E-state index >= 15 is 0 Å². The molecule has 0 aromatic carbocycles. The van der Waals surface area contributed by atoms with Crippen LogP contribution in [-0.4, -0.2) is 14.5 Å². The van der Waals surface area contributed by atoms with Crippen molar-refractivity contribution in [2.24, 2.45) is 0 Å². The van der Waals surface area contributed by atoms with Gasteiger partial charge in [0.15, 0.2) is 0 Å². The molecule has 0 atom stereocenters. The third-order valence-electron chi connectivity index (χ3n) is 2.22. The molecule has 1 aliphatic carbocycles. The van der Waals surface area contributed by atoms with E-state index in [4.69, 9.17) is 11.6 Å². The maximum atomic E-state index is 11.9. The Labute approximate surface area is 112 Å². The summed E-state index contributed by atoms with van der Waals surface area (Å²) in [4.78, 5) is 0. The molecule has 16 heavy (non-hydrogen) atoms. The Kier molecular flexibility index (Phi) is 3.75. The minimum Gasteiger partial charge on any atom is -0.207 e. The molecule has 0 saturated heterocycles. The van der Waals surface area contributed by atoms with Crippen LogP contribution >= 0.6 is 38.9 Å². The summed E-state index contributed by atoms with van der Waals surface area (Å²) in [5.74, 6) is 0. The summed E-state index contributed by atoms with van der Waals surface area (Å²) >= 11 is 10.1. The molecule has 88 valence electrons. The fourth-order valence-corrected chi connectivity index (χ4v) is 5.13. The molecular formula is C9H9BrClNO2S2. The molecule has 1 aromatic heterocycles. The molecule has 0 aliphatic heterocycles. The molecule has 1 aliphatic rings. The molecule has 0 radical (unpaired) electrons. The van der Waals surface area contributed by atoms with Crippen molar-refractivity contribution in [3.8, 4) is 0 Å². The van der Waals surface area contributed by atoms with Gasteiger partial charge in [0, 0.05) is 6.04 Å². The Morgan fingerprint density at radius 2 is 2.06 bits per heavy atom. The van der Waals surface area contributed by atoms with Crippen LogP contribution in [0.25, 0.3) is 0 Å². The van der Waals surface area contributed by atoms with Gasteiger partial charge in [-0.05, 0) is 34.8 Å². The predicted octanol–water partition coefficient (Wildman–Crippen LogP) is 3.16. The van der Waals surface area contributed by atoms with Crippen LogP contribution in [0.3, 0.4) is 0 Å². The number of rotatable bonds is 3. The SMILES string of the molecule is O=S(=O)(NC1CC=CC1)c1cc(Cl)c(Br)s1. The van der Waals surface area contributed by atoms with Crippen molar-refractivity contribution in [3.63, 3.8) is 0 Å². The highest BCUT2D eigenvalue weighted by atomic mass is 79.9. The molecule has 0 bridgehead atoms. The van der Waals surface area contributed by atoms with Gasteiger partial charge in [-0.25, -0.2) is 13.1 Å². The molecule has 0 unspecified atom stereocenters. The van der Waals surface area contributed by atoms with Gasteiger partial charge in [-0.3, -0.25) is 0 Å². The number of hydrogen-bond acceptors (Lipinski definition) is 3. The minimum absolute atomic E-state index is 0.0235. The fourth-order valence-electron chi connectivity index (χ4n) is 1.45. The van der Waals surface area contributed by atoms with Crippen molar-refractivity contribution in [2.75, 3.05) is 0 Å². The highest BCUT2D eigenvalue weighted by Crippen LogP contribution is 2.34. The van der Waals surface area contributed by atoms with E-state index in [1.807, 2.05) is 12.2 Å². The summed E-state index contributed by atoms with van der Waals surface area (Å²) in [6.45, 7) is 0. The summed E-state index contributed by atoms with van der Waals surface area (Å²) in [6, 6.07) is 1.44. The third-order valence-corrected chi connectivity index (χ3v) is 6.69. The van der Waals surface area contributed by atoms with E-state index in [2.05, 4.69) is 20.7 Å². The Morgan fingerprint density at radius 3 is 2.56 bits per heavy atom. The Balaban J connectivity index is 2.18. The first-order chi connectivity index (χ1) is 7.49. The summed E-state index contributed by atoms with van der Waals surface area (Å²) in [7, 11) is -3.43. The maximum absolute atomic E-state index is 11.9. The smallest absolute Gasteiger partial charge is 0.207 e. The van der Waals surface area contributed by atoms with Crippen LogP contribution in [0.15, 0.2) is 26.2 Å². The minimum atomic E-state index is -3.43. The summed E-state index contributed by atoms with van der Waals surface area (Å²) in [5, 5.41) is 0.426. The zero-order chi connectivity index (χ0) is 11.8. The zero-order valence-corrected chi connectivity index (χ0v) is 12.1. The van der Waals surface area contributed by atoms with E-state index in [0.717, 1.165) is 24.2 Å². The van der Waals surface area contributed by atoms with Crippen molar-refractivity contribution < 1.29 is 8.42 Å². The highest BCUT2D eigenvalue weighted by Gasteiger charge is 2.23. The Morgan fingerprint density at radius 1 is 1.44 bits per heavy atom. The molecule has 2 rings (SSSR count).